The molecule has 0 amide bonds. The first-order valence-corrected chi connectivity index (χ1v) is 10.0. The van der Waals surface area contributed by atoms with Crippen LogP contribution in [0.5, 0.6) is 0 Å². The molecule has 1 aromatic heterocycles. The zero-order valence-corrected chi connectivity index (χ0v) is 17.7. The molecule has 0 unspecified atom stereocenters. The summed E-state index contributed by atoms with van der Waals surface area (Å²) < 4.78 is 55.2. The number of alkyl halides is 4. The molecule has 3 rings (SSSR count). The van der Waals surface area contributed by atoms with Gasteiger partial charge in [-0.05, 0) is 68.0 Å². The predicted molar refractivity (Wildman–Crippen MR) is 109 cm³/mol. The van der Waals surface area contributed by atoms with Crippen molar-refractivity contribution in [3.63, 3.8) is 0 Å². The number of fused-ring (bicyclic) bond motifs is 1. The van der Waals surface area contributed by atoms with Crippen LogP contribution in [0.4, 0.5) is 23.2 Å². The first kappa shape index (κ1) is 20.7. The van der Waals surface area contributed by atoms with Crippen molar-refractivity contribution in [2.24, 2.45) is 0 Å². The first-order chi connectivity index (χ1) is 12.5. The summed E-state index contributed by atoms with van der Waals surface area (Å²) in [6.07, 6.45) is -4.68. The van der Waals surface area contributed by atoms with E-state index in [1.54, 1.807) is 24.3 Å². The number of likely N-dealkylation sites (tertiary alicyclic amines) is 1. The number of hydrogen-bond donors (Lipinski definition) is 1. The van der Waals surface area contributed by atoms with Crippen LogP contribution < -0.4 is 5.32 Å². The van der Waals surface area contributed by atoms with Gasteiger partial charge in [-0.2, -0.15) is 13.2 Å². The fourth-order valence-corrected chi connectivity index (χ4v) is 4.34. The molecule has 1 aromatic carbocycles. The van der Waals surface area contributed by atoms with Crippen LogP contribution in [0.25, 0.3) is 10.9 Å². The van der Waals surface area contributed by atoms with Crippen molar-refractivity contribution in [3.05, 3.63) is 28.0 Å². The summed E-state index contributed by atoms with van der Waals surface area (Å²) in [4.78, 5) is 2.12. The summed E-state index contributed by atoms with van der Waals surface area (Å²) in [7, 11) is 0. The maximum atomic E-state index is 14.8. The van der Waals surface area contributed by atoms with Crippen molar-refractivity contribution >= 4 is 39.2 Å². The molecule has 0 radical (unpaired) electrons. The van der Waals surface area contributed by atoms with Gasteiger partial charge in [-0.3, -0.25) is 4.90 Å². The molecule has 0 aliphatic carbocycles. The molecule has 2 aromatic rings. The van der Waals surface area contributed by atoms with Crippen LogP contribution >= 0.6 is 22.6 Å². The highest BCUT2D eigenvalue weighted by Gasteiger charge is 2.34. The van der Waals surface area contributed by atoms with Gasteiger partial charge in [-0.25, -0.2) is 4.39 Å². The van der Waals surface area contributed by atoms with Crippen LogP contribution in [0, 0.1) is 3.70 Å². The van der Waals surface area contributed by atoms with Crippen LogP contribution in [0.2, 0.25) is 0 Å². The molecule has 3 nitrogen and oxygen atoms in total. The van der Waals surface area contributed by atoms with Crippen LogP contribution in [0.15, 0.2) is 24.3 Å². The maximum Gasteiger partial charge on any atom is 0.406 e. The minimum Gasteiger partial charge on any atom is -0.379 e. The molecule has 8 heteroatoms. The molecular weight excluding hydrogens is 473 g/mol. The fraction of sp³-hybridized carbons (Fsp3) is 0.579. The number of piperidine rings is 1. The summed E-state index contributed by atoms with van der Waals surface area (Å²) >= 11 is 1.91. The molecular formula is C19H24F4IN3. The van der Waals surface area contributed by atoms with Crippen molar-refractivity contribution in [2.45, 2.75) is 57.7 Å². The average Bonchev–Trinajstić information content (AvgIpc) is 2.84. The number of benzene rings is 1. The summed E-state index contributed by atoms with van der Waals surface area (Å²) in [6, 6.07) is 6.56. The lowest BCUT2D eigenvalue weighted by atomic mass is 9.96. The predicted octanol–water partition coefficient (Wildman–Crippen LogP) is 5.43. The maximum absolute atomic E-state index is 14.8. The number of nitrogens with one attached hydrogen (secondary N) is 1. The Morgan fingerprint density at radius 2 is 1.93 bits per heavy atom. The minimum absolute atomic E-state index is 0.0831. The van der Waals surface area contributed by atoms with Gasteiger partial charge in [0.15, 0.2) is 0 Å². The van der Waals surface area contributed by atoms with Gasteiger partial charge in [-0.15, -0.1) is 0 Å². The van der Waals surface area contributed by atoms with Gasteiger partial charge in [0, 0.05) is 29.7 Å². The molecule has 1 saturated heterocycles. The van der Waals surface area contributed by atoms with Gasteiger partial charge < -0.3 is 9.88 Å². The zero-order valence-electron chi connectivity index (χ0n) is 15.6. The summed E-state index contributed by atoms with van der Waals surface area (Å²) in [5, 5.41) is 3.94. The van der Waals surface area contributed by atoms with Crippen LogP contribution in [0.3, 0.4) is 0 Å². The van der Waals surface area contributed by atoms with Gasteiger partial charge in [0.25, 0.3) is 0 Å². The normalized spacial score (nSPS) is 22.4. The summed E-state index contributed by atoms with van der Waals surface area (Å²) in [6.45, 7) is 6.31. The molecule has 1 fully saturated rings. The highest BCUT2D eigenvalue weighted by Crippen LogP contribution is 2.32. The monoisotopic (exact) mass is 497 g/mol. The lowest BCUT2D eigenvalue weighted by Crippen LogP contribution is -2.54. The molecule has 2 heterocycles. The second-order valence-electron chi connectivity index (χ2n) is 8.08. The Morgan fingerprint density at radius 1 is 1.22 bits per heavy atom. The lowest BCUT2D eigenvalue weighted by molar-refractivity contribution is -0.140. The second-order valence-corrected chi connectivity index (χ2v) is 9.18. The van der Waals surface area contributed by atoms with Gasteiger partial charge in [0.05, 0.1) is 15.3 Å². The minimum atomic E-state index is -4.29. The molecule has 1 aliphatic heterocycles. The first-order valence-electron chi connectivity index (χ1n) is 8.96. The van der Waals surface area contributed by atoms with Crippen molar-refractivity contribution in [3.8, 4) is 0 Å². The van der Waals surface area contributed by atoms with Crippen molar-refractivity contribution in [1.82, 2.24) is 9.47 Å². The largest absolute Gasteiger partial charge is 0.406 e. The van der Waals surface area contributed by atoms with E-state index in [4.69, 9.17) is 0 Å². The van der Waals surface area contributed by atoms with Crippen LogP contribution in [-0.4, -0.2) is 46.5 Å². The molecule has 27 heavy (non-hydrogen) atoms. The third kappa shape index (κ3) is 4.70. The third-order valence-corrected chi connectivity index (χ3v) is 5.96. The molecule has 1 aliphatic rings. The number of halogens is 5. The van der Waals surface area contributed by atoms with E-state index >= 15 is 0 Å². The van der Waals surface area contributed by atoms with E-state index in [2.05, 4.69) is 31.0 Å². The standard InChI is InChI=1S/C19H24F4IN3/c1-18(2,3)26-8-7-15(13(20)10-26)25-14-5-4-6-16-12(14)9-17(24)27(16)11-19(21,22)23/h4-6,9,13,15,25H,7-8,10-11H2,1-3H3/t13-,15-/m1/s1. The fourth-order valence-electron chi connectivity index (χ4n) is 3.59. The molecule has 0 spiro atoms. The SMILES string of the molecule is CC(C)(C)N1CC[C@@H](Nc2cccc3c2cc(I)n3CC(F)(F)F)[C@H](F)C1. The summed E-state index contributed by atoms with van der Waals surface area (Å²) in [5.74, 6) is 0. The van der Waals surface area contributed by atoms with E-state index in [1.807, 2.05) is 22.6 Å². The number of hydrogen-bond acceptors (Lipinski definition) is 2. The Hall–Kier alpha value is -1.03. The molecule has 2 atom stereocenters. The Bertz CT molecular complexity index is 810. The quantitative estimate of drug-likeness (QED) is 0.451. The smallest absolute Gasteiger partial charge is 0.379 e. The number of nitrogens with zero attached hydrogens (tertiary/aromatic N) is 2. The van der Waals surface area contributed by atoms with Gasteiger partial charge in [0.2, 0.25) is 0 Å². The lowest BCUT2D eigenvalue weighted by Gasteiger charge is -2.42. The van der Waals surface area contributed by atoms with E-state index in [-0.39, 0.29) is 11.6 Å². The summed E-state index contributed by atoms with van der Waals surface area (Å²) in [5.41, 5.74) is 1.10. The van der Waals surface area contributed by atoms with Gasteiger partial charge in [-0.1, -0.05) is 6.07 Å². The van der Waals surface area contributed by atoms with Crippen LogP contribution in [0.1, 0.15) is 27.2 Å². The van der Waals surface area contributed by atoms with Crippen LogP contribution in [-0.2, 0) is 6.54 Å². The Labute approximate surface area is 170 Å². The number of anilines is 1. The van der Waals surface area contributed by atoms with Gasteiger partial charge in [0.1, 0.15) is 12.7 Å². The van der Waals surface area contributed by atoms with E-state index in [1.165, 1.54) is 4.57 Å². The molecule has 150 valence electrons. The molecule has 1 N–H and O–H groups in total. The van der Waals surface area contributed by atoms with Crippen molar-refractivity contribution in [1.29, 1.82) is 0 Å². The Kier molecular flexibility index (Phi) is 5.69. The van der Waals surface area contributed by atoms with E-state index in [0.717, 1.165) is 6.54 Å². The molecule has 0 saturated carbocycles. The number of rotatable bonds is 3. The van der Waals surface area contributed by atoms with Crippen molar-refractivity contribution in [2.75, 3.05) is 18.4 Å². The van der Waals surface area contributed by atoms with E-state index < -0.39 is 18.9 Å². The van der Waals surface area contributed by atoms with E-state index in [9.17, 15) is 17.6 Å². The van der Waals surface area contributed by atoms with Crippen molar-refractivity contribution < 1.29 is 17.6 Å². The highest BCUT2D eigenvalue weighted by molar-refractivity contribution is 14.1. The average molecular weight is 497 g/mol. The Balaban J connectivity index is 1.83. The third-order valence-electron chi connectivity index (χ3n) is 5.06. The second kappa shape index (κ2) is 7.42. The highest BCUT2D eigenvalue weighted by atomic mass is 127. The van der Waals surface area contributed by atoms with E-state index in [0.29, 0.717) is 33.3 Å². The zero-order chi connectivity index (χ0) is 20.0. The Morgan fingerprint density at radius 3 is 2.52 bits per heavy atom. The van der Waals surface area contributed by atoms with Gasteiger partial charge >= 0.3 is 6.18 Å². The topological polar surface area (TPSA) is 20.2 Å². The number of aromatic nitrogens is 1. The molecule has 0 bridgehead atoms.